The number of halogens is 1. The quantitative estimate of drug-likeness (QED) is 0.629. The Morgan fingerprint density at radius 2 is 2.08 bits per heavy atom. The van der Waals surface area contributed by atoms with E-state index >= 15 is 0 Å². The molecule has 0 amide bonds. The zero-order valence-electron chi connectivity index (χ0n) is 14.4. The molecule has 0 unspecified atom stereocenters. The van der Waals surface area contributed by atoms with Crippen molar-refractivity contribution in [3.63, 3.8) is 0 Å². The van der Waals surface area contributed by atoms with Crippen LogP contribution in [0.2, 0.25) is 0 Å². The molecule has 1 aliphatic rings. The molecule has 6 heteroatoms. The Bertz CT molecular complexity index is 882. The molecule has 4 rings (SSSR count). The van der Waals surface area contributed by atoms with E-state index in [1.54, 1.807) is 11.3 Å². The topological polar surface area (TPSA) is 33.2 Å². The van der Waals surface area contributed by atoms with Crippen LogP contribution in [0.5, 0.6) is 0 Å². The average molecular weight is 393 g/mol. The van der Waals surface area contributed by atoms with Crippen LogP contribution in [-0.4, -0.2) is 29.3 Å². The number of aromatic nitrogens is 1. The minimum absolute atomic E-state index is 0. The average Bonchev–Trinajstić information content (AvgIpc) is 3.14. The predicted molar refractivity (Wildman–Crippen MR) is 109 cm³/mol. The first-order chi connectivity index (χ1) is 11.7. The summed E-state index contributed by atoms with van der Waals surface area (Å²) in [5.74, 6) is 0.310. The Balaban J connectivity index is 0.00000182. The van der Waals surface area contributed by atoms with Gasteiger partial charge in [-0.3, -0.25) is 4.79 Å². The molecule has 0 aliphatic carbocycles. The van der Waals surface area contributed by atoms with E-state index in [4.69, 9.17) is 4.98 Å². The standard InChI is InChI=1S/C19H20N2OS2.ClH/c1-3-12(22)10-16-18(13-8-9-21(2)11-17(13)23-16)19-20-14-6-4-5-7-15(14)24-19;/h4-7H,3,8-11H2,1-2H3;1H. The van der Waals surface area contributed by atoms with Gasteiger partial charge < -0.3 is 4.90 Å². The maximum absolute atomic E-state index is 12.1. The van der Waals surface area contributed by atoms with Crippen LogP contribution in [0.25, 0.3) is 20.8 Å². The van der Waals surface area contributed by atoms with Crippen molar-refractivity contribution < 1.29 is 4.79 Å². The highest BCUT2D eigenvalue weighted by Crippen LogP contribution is 2.42. The number of Topliss-reactive ketones (excluding diaryl/α,β-unsaturated/α-hetero) is 1. The monoisotopic (exact) mass is 392 g/mol. The van der Waals surface area contributed by atoms with Crippen molar-refractivity contribution in [1.29, 1.82) is 0 Å². The first kappa shape index (κ1) is 18.5. The molecular weight excluding hydrogens is 372 g/mol. The van der Waals surface area contributed by atoms with E-state index in [1.165, 1.54) is 25.6 Å². The molecule has 1 aromatic carbocycles. The van der Waals surface area contributed by atoms with Gasteiger partial charge in [0.1, 0.15) is 10.8 Å². The molecule has 132 valence electrons. The van der Waals surface area contributed by atoms with Gasteiger partial charge in [-0.05, 0) is 31.2 Å². The Morgan fingerprint density at radius 1 is 1.28 bits per heavy atom. The van der Waals surface area contributed by atoms with Crippen LogP contribution in [0.15, 0.2) is 24.3 Å². The third kappa shape index (κ3) is 3.51. The van der Waals surface area contributed by atoms with Crippen LogP contribution in [0.1, 0.15) is 28.7 Å². The molecule has 3 heterocycles. The highest BCUT2D eigenvalue weighted by molar-refractivity contribution is 7.22. The van der Waals surface area contributed by atoms with Crippen molar-refractivity contribution in [3.05, 3.63) is 39.6 Å². The number of fused-ring (bicyclic) bond motifs is 2. The van der Waals surface area contributed by atoms with Gasteiger partial charge >= 0.3 is 0 Å². The zero-order valence-corrected chi connectivity index (χ0v) is 16.8. The predicted octanol–water partition coefficient (Wildman–Crippen LogP) is 4.96. The second kappa shape index (κ2) is 7.54. The number of carbonyl (C=O) groups is 1. The lowest BCUT2D eigenvalue weighted by Crippen LogP contribution is -2.25. The molecule has 25 heavy (non-hydrogen) atoms. The summed E-state index contributed by atoms with van der Waals surface area (Å²) >= 11 is 3.57. The Hall–Kier alpha value is -1.27. The van der Waals surface area contributed by atoms with Gasteiger partial charge in [0.15, 0.2) is 0 Å². The third-order valence-corrected chi connectivity index (χ3v) is 6.85. The molecule has 0 N–H and O–H groups in total. The smallest absolute Gasteiger partial charge is 0.137 e. The van der Waals surface area contributed by atoms with E-state index in [0.717, 1.165) is 30.0 Å². The first-order valence-corrected chi connectivity index (χ1v) is 9.98. The maximum Gasteiger partial charge on any atom is 0.137 e. The summed E-state index contributed by atoms with van der Waals surface area (Å²) in [7, 11) is 2.16. The number of hydrogen-bond donors (Lipinski definition) is 0. The van der Waals surface area contributed by atoms with Gasteiger partial charge in [-0.15, -0.1) is 35.1 Å². The summed E-state index contributed by atoms with van der Waals surface area (Å²) < 4.78 is 1.22. The molecule has 0 bridgehead atoms. The molecule has 0 saturated heterocycles. The van der Waals surface area contributed by atoms with Gasteiger partial charge in [0, 0.05) is 41.2 Å². The van der Waals surface area contributed by atoms with Crippen LogP contribution in [0.4, 0.5) is 0 Å². The fourth-order valence-electron chi connectivity index (χ4n) is 3.24. The summed E-state index contributed by atoms with van der Waals surface area (Å²) in [5, 5.41) is 1.08. The Morgan fingerprint density at radius 3 is 2.84 bits per heavy atom. The van der Waals surface area contributed by atoms with Crippen molar-refractivity contribution in [2.75, 3.05) is 13.6 Å². The van der Waals surface area contributed by atoms with E-state index in [-0.39, 0.29) is 12.4 Å². The lowest BCUT2D eigenvalue weighted by Gasteiger charge is -2.22. The van der Waals surface area contributed by atoms with Crippen molar-refractivity contribution in [2.24, 2.45) is 0 Å². The molecule has 1 aliphatic heterocycles. The minimum atomic E-state index is 0. The highest BCUT2D eigenvalue weighted by Gasteiger charge is 2.26. The zero-order chi connectivity index (χ0) is 16.7. The molecule has 0 saturated carbocycles. The SMILES string of the molecule is CCC(=O)Cc1sc2c(c1-c1nc3ccccc3s1)CCN(C)C2.Cl. The van der Waals surface area contributed by atoms with Crippen molar-refractivity contribution >= 4 is 51.1 Å². The second-order valence-electron chi connectivity index (χ2n) is 6.35. The number of benzene rings is 1. The van der Waals surface area contributed by atoms with Gasteiger partial charge in [0.05, 0.1) is 10.2 Å². The van der Waals surface area contributed by atoms with Crippen LogP contribution in [-0.2, 0) is 24.2 Å². The number of rotatable bonds is 4. The number of ketones is 1. The largest absolute Gasteiger partial charge is 0.301 e. The number of thiophene rings is 1. The van der Waals surface area contributed by atoms with Crippen LogP contribution in [0, 0.1) is 0 Å². The number of para-hydroxylation sites is 1. The molecule has 3 aromatic rings. The summed E-state index contributed by atoms with van der Waals surface area (Å²) in [6, 6.07) is 8.29. The first-order valence-electron chi connectivity index (χ1n) is 8.35. The fraction of sp³-hybridized carbons (Fsp3) is 0.368. The second-order valence-corrected chi connectivity index (χ2v) is 8.57. The van der Waals surface area contributed by atoms with E-state index in [2.05, 4.69) is 30.1 Å². The minimum Gasteiger partial charge on any atom is -0.301 e. The van der Waals surface area contributed by atoms with E-state index in [9.17, 15) is 4.79 Å². The Kier molecular flexibility index (Phi) is 5.58. The lowest BCUT2D eigenvalue weighted by molar-refractivity contribution is -0.118. The highest BCUT2D eigenvalue weighted by atomic mass is 35.5. The third-order valence-electron chi connectivity index (χ3n) is 4.58. The van der Waals surface area contributed by atoms with Crippen molar-refractivity contribution in [3.8, 4) is 10.6 Å². The lowest BCUT2D eigenvalue weighted by atomic mass is 10.0. The van der Waals surface area contributed by atoms with Gasteiger partial charge in [-0.25, -0.2) is 4.98 Å². The molecular formula is C19H21ClN2OS2. The van der Waals surface area contributed by atoms with Crippen molar-refractivity contribution in [2.45, 2.75) is 32.7 Å². The summed E-state index contributed by atoms with van der Waals surface area (Å²) in [6.45, 7) is 4.00. The number of carbonyl (C=O) groups excluding carboxylic acids is 1. The van der Waals surface area contributed by atoms with E-state index < -0.39 is 0 Å². The van der Waals surface area contributed by atoms with Crippen LogP contribution < -0.4 is 0 Å². The van der Waals surface area contributed by atoms with Gasteiger partial charge in [-0.1, -0.05) is 19.1 Å². The van der Waals surface area contributed by atoms with Gasteiger partial charge in [0.2, 0.25) is 0 Å². The molecule has 0 fully saturated rings. The number of thiazole rings is 1. The number of hydrogen-bond acceptors (Lipinski definition) is 5. The summed E-state index contributed by atoms with van der Waals surface area (Å²) in [5.41, 5.74) is 3.74. The Labute approximate surface area is 162 Å². The number of nitrogens with zero attached hydrogens (tertiary/aromatic N) is 2. The number of likely N-dealkylation sites (N-methyl/N-ethyl adjacent to an activating group) is 1. The van der Waals surface area contributed by atoms with Crippen LogP contribution >= 0.6 is 35.1 Å². The van der Waals surface area contributed by atoms with Crippen LogP contribution in [0.3, 0.4) is 0 Å². The molecule has 3 nitrogen and oxygen atoms in total. The van der Waals surface area contributed by atoms with Gasteiger partial charge in [-0.2, -0.15) is 0 Å². The summed E-state index contributed by atoms with van der Waals surface area (Å²) in [6.07, 6.45) is 2.19. The molecule has 0 radical (unpaired) electrons. The summed E-state index contributed by atoms with van der Waals surface area (Å²) in [4.78, 5) is 21.9. The van der Waals surface area contributed by atoms with E-state index in [1.807, 2.05) is 24.3 Å². The van der Waals surface area contributed by atoms with Gasteiger partial charge in [0.25, 0.3) is 0 Å². The molecule has 2 aromatic heterocycles. The molecule has 0 atom stereocenters. The fourth-order valence-corrected chi connectivity index (χ4v) is 5.84. The molecule has 0 spiro atoms. The maximum atomic E-state index is 12.1. The van der Waals surface area contributed by atoms with E-state index in [0.29, 0.717) is 18.6 Å². The van der Waals surface area contributed by atoms with Crippen molar-refractivity contribution in [1.82, 2.24) is 9.88 Å². The normalized spacial score (nSPS) is 14.3.